The number of carboxylic acid groups (broad SMARTS) is 1. The molecule has 0 bridgehead atoms. The number of carbonyl (C=O) groups is 3. The number of hydrogen-bond acceptors (Lipinski definition) is 5. The predicted octanol–water partition coefficient (Wildman–Crippen LogP) is 1.59. The Balaban J connectivity index is 2.05. The zero-order valence-electron chi connectivity index (χ0n) is 20.4. The van der Waals surface area contributed by atoms with Gasteiger partial charge in [0.2, 0.25) is 11.8 Å². The molecule has 0 aliphatic rings. The van der Waals surface area contributed by atoms with Crippen LogP contribution in [-0.2, 0) is 20.8 Å². The van der Waals surface area contributed by atoms with Crippen LogP contribution >= 0.6 is 0 Å². The highest BCUT2D eigenvalue weighted by molar-refractivity contribution is 5.91. The molecular weight excluding hydrogens is 464 g/mol. The van der Waals surface area contributed by atoms with E-state index < -0.39 is 47.2 Å². The largest absolute Gasteiger partial charge is 0.480 e. The predicted molar refractivity (Wildman–Crippen MR) is 135 cm³/mol. The van der Waals surface area contributed by atoms with E-state index in [4.69, 9.17) is 5.11 Å². The lowest BCUT2D eigenvalue weighted by Crippen LogP contribution is -2.56. The first kappa shape index (κ1) is 26.4. The van der Waals surface area contributed by atoms with Crippen molar-refractivity contribution in [2.75, 3.05) is 0 Å². The summed E-state index contributed by atoms with van der Waals surface area (Å²) in [6.45, 7) is 4.90. The Bertz CT molecular complexity index is 1360. The van der Waals surface area contributed by atoms with Gasteiger partial charge in [-0.1, -0.05) is 62.7 Å². The average molecular weight is 495 g/mol. The van der Waals surface area contributed by atoms with Gasteiger partial charge in [0.15, 0.2) is 0 Å². The molecule has 0 fully saturated rings. The molecule has 1 unspecified atom stereocenters. The molecule has 0 spiro atoms. The number of H-pyrrole nitrogens is 1. The van der Waals surface area contributed by atoms with Gasteiger partial charge in [-0.3, -0.25) is 19.2 Å². The van der Waals surface area contributed by atoms with Gasteiger partial charge in [-0.25, -0.2) is 9.36 Å². The van der Waals surface area contributed by atoms with Crippen molar-refractivity contribution < 1.29 is 19.5 Å². The highest BCUT2D eigenvalue weighted by Crippen LogP contribution is 2.16. The van der Waals surface area contributed by atoms with Crippen molar-refractivity contribution in [2.45, 2.75) is 51.7 Å². The number of aliphatic carboxylic acids is 1. The Labute approximate surface area is 207 Å². The molecule has 4 atom stereocenters. The number of nitrogens with zero attached hydrogens (tertiary/aromatic N) is 1. The highest BCUT2D eigenvalue weighted by Gasteiger charge is 2.32. The molecule has 2 aromatic carbocycles. The first-order valence-corrected chi connectivity index (χ1v) is 11.7. The Morgan fingerprint density at radius 2 is 1.58 bits per heavy atom. The number of aromatic nitrogens is 2. The molecule has 0 aliphatic heterocycles. The fourth-order valence-corrected chi connectivity index (χ4v) is 3.91. The van der Waals surface area contributed by atoms with Gasteiger partial charge in [-0.15, -0.1) is 0 Å². The van der Waals surface area contributed by atoms with Crippen molar-refractivity contribution in [1.29, 1.82) is 0 Å². The van der Waals surface area contributed by atoms with Gasteiger partial charge < -0.3 is 20.7 Å². The van der Waals surface area contributed by atoms with Crippen LogP contribution < -0.4 is 21.9 Å². The van der Waals surface area contributed by atoms with E-state index in [9.17, 15) is 24.0 Å². The van der Waals surface area contributed by atoms with Crippen LogP contribution in [0.4, 0.5) is 0 Å². The molecule has 0 aliphatic carbocycles. The minimum absolute atomic E-state index is 0.0222. The van der Waals surface area contributed by atoms with E-state index in [0.29, 0.717) is 17.5 Å². The molecule has 3 aromatic rings. The van der Waals surface area contributed by atoms with Gasteiger partial charge in [-0.05, 0) is 30.5 Å². The van der Waals surface area contributed by atoms with Gasteiger partial charge >= 0.3 is 11.7 Å². The van der Waals surface area contributed by atoms with E-state index in [1.165, 1.54) is 6.92 Å². The van der Waals surface area contributed by atoms with Crippen LogP contribution in [0.3, 0.4) is 0 Å². The molecule has 1 heterocycles. The molecule has 1 aromatic heterocycles. The lowest BCUT2D eigenvalue weighted by Gasteiger charge is -2.27. The second-order valence-electron chi connectivity index (χ2n) is 8.80. The molecule has 10 heteroatoms. The monoisotopic (exact) mass is 494 g/mol. The van der Waals surface area contributed by atoms with E-state index in [1.807, 2.05) is 6.92 Å². The SMILES string of the molecule is CCC(C)[C@H](NC(=O)[C@H](Cc1ccccc1)n1c(=O)[nH]c2ccccc2c1=O)C(=O)N[C@@H](C)C(=O)O. The zero-order valence-corrected chi connectivity index (χ0v) is 20.4. The van der Waals surface area contributed by atoms with E-state index >= 15 is 0 Å². The maximum absolute atomic E-state index is 13.6. The third kappa shape index (κ3) is 5.88. The molecule has 10 nitrogen and oxygen atoms in total. The van der Waals surface area contributed by atoms with Gasteiger partial charge in [0.05, 0.1) is 10.9 Å². The maximum Gasteiger partial charge on any atom is 0.329 e. The number of hydrogen-bond donors (Lipinski definition) is 4. The Morgan fingerprint density at radius 3 is 2.22 bits per heavy atom. The van der Waals surface area contributed by atoms with Crippen LogP contribution in [0.5, 0.6) is 0 Å². The fourth-order valence-electron chi connectivity index (χ4n) is 3.91. The van der Waals surface area contributed by atoms with Crippen LogP contribution in [0, 0.1) is 5.92 Å². The summed E-state index contributed by atoms with van der Waals surface area (Å²) in [5.74, 6) is -2.93. The molecule has 190 valence electrons. The quantitative estimate of drug-likeness (QED) is 0.336. The summed E-state index contributed by atoms with van der Waals surface area (Å²) in [4.78, 5) is 66.7. The summed E-state index contributed by atoms with van der Waals surface area (Å²) in [6, 6.07) is 11.9. The minimum Gasteiger partial charge on any atom is -0.480 e. The Morgan fingerprint density at radius 1 is 0.944 bits per heavy atom. The lowest BCUT2D eigenvalue weighted by molar-refractivity contribution is -0.142. The second-order valence-corrected chi connectivity index (χ2v) is 8.80. The maximum atomic E-state index is 13.6. The highest BCUT2D eigenvalue weighted by atomic mass is 16.4. The number of carboxylic acids is 1. The van der Waals surface area contributed by atoms with Crippen molar-refractivity contribution in [1.82, 2.24) is 20.2 Å². The third-order valence-corrected chi connectivity index (χ3v) is 6.25. The lowest BCUT2D eigenvalue weighted by atomic mass is 9.96. The normalized spacial score (nSPS) is 14.4. The fraction of sp³-hybridized carbons (Fsp3) is 0.346. The number of benzene rings is 2. The van der Waals surface area contributed by atoms with Crippen LogP contribution in [0.15, 0.2) is 64.2 Å². The summed E-state index contributed by atoms with van der Waals surface area (Å²) in [6.07, 6.45) is 0.536. The molecule has 3 rings (SSSR count). The molecule has 0 radical (unpaired) electrons. The number of aromatic amines is 1. The standard InChI is InChI=1S/C26H30N4O6/c1-4-15(2)21(23(32)27-16(3)25(34)35)29-22(31)20(14-17-10-6-5-7-11-17)30-24(33)18-12-8-9-13-19(18)28-26(30)36/h5-13,15-16,20-21H,4,14H2,1-3H3,(H,27,32)(H,28,36)(H,29,31)(H,34,35)/t15?,16-,20-,21-/m0/s1. The number of fused-ring (bicyclic) bond motifs is 1. The first-order valence-electron chi connectivity index (χ1n) is 11.7. The van der Waals surface area contributed by atoms with Crippen LogP contribution in [0.2, 0.25) is 0 Å². The van der Waals surface area contributed by atoms with Crippen LogP contribution in [-0.4, -0.2) is 44.5 Å². The van der Waals surface area contributed by atoms with E-state index in [0.717, 1.165) is 4.57 Å². The summed E-state index contributed by atoms with van der Waals surface area (Å²) < 4.78 is 0.871. The van der Waals surface area contributed by atoms with Gasteiger partial charge in [0.25, 0.3) is 5.56 Å². The van der Waals surface area contributed by atoms with Gasteiger partial charge in [0, 0.05) is 6.42 Å². The number of amides is 2. The number of rotatable bonds is 10. The van der Waals surface area contributed by atoms with Crippen molar-refractivity contribution in [2.24, 2.45) is 5.92 Å². The van der Waals surface area contributed by atoms with E-state index in [1.54, 1.807) is 61.5 Å². The smallest absolute Gasteiger partial charge is 0.329 e. The Hall–Kier alpha value is -4.21. The topological polar surface area (TPSA) is 150 Å². The van der Waals surface area contributed by atoms with Crippen molar-refractivity contribution in [3.8, 4) is 0 Å². The van der Waals surface area contributed by atoms with Crippen molar-refractivity contribution >= 4 is 28.7 Å². The number of carbonyl (C=O) groups excluding carboxylic acids is 2. The van der Waals surface area contributed by atoms with Crippen LogP contribution in [0.25, 0.3) is 10.9 Å². The molecule has 4 N–H and O–H groups in total. The van der Waals surface area contributed by atoms with E-state index in [-0.39, 0.29) is 17.7 Å². The van der Waals surface area contributed by atoms with Gasteiger partial charge in [-0.2, -0.15) is 0 Å². The number of para-hydroxylation sites is 1. The average Bonchev–Trinajstić information content (AvgIpc) is 2.86. The van der Waals surface area contributed by atoms with Crippen molar-refractivity contribution in [3.63, 3.8) is 0 Å². The molecule has 2 amide bonds. The van der Waals surface area contributed by atoms with Crippen LogP contribution in [0.1, 0.15) is 38.8 Å². The van der Waals surface area contributed by atoms with Gasteiger partial charge in [0.1, 0.15) is 18.1 Å². The molecule has 0 saturated carbocycles. The summed E-state index contributed by atoms with van der Waals surface area (Å²) in [5, 5.41) is 14.5. The zero-order chi connectivity index (χ0) is 26.4. The molecular formula is C26H30N4O6. The first-order chi connectivity index (χ1) is 17.1. The third-order valence-electron chi connectivity index (χ3n) is 6.25. The number of nitrogens with one attached hydrogen (secondary N) is 3. The summed E-state index contributed by atoms with van der Waals surface area (Å²) >= 11 is 0. The molecule has 36 heavy (non-hydrogen) atoms. The van der Waals surface area contributed by atoms with Crippen molar-refractivity contribution in [3.05, 3.63) is 81.0 Å². The second kappa shape index (κ2) is 11.5. The minimum atomic E-state index is -1.26. The summed E-state index contributed by atoms with van der Waals surface area (Å²) in [7, 11) is 0. The molecule has 0 saturated heterocycles. The Kier molecular flexibility index (Phi) is 8.42. The summed E-state index contributed by atoms with van der Waals surface area (Å²) in [5.41, 5.74) is -0.323. The van der Waals surface area contributed by atoms with E-state index in [2.05, 4.69) is 15.6 Å².